The van der Waals surface area contributed by atoms with Crippen LogP contribution in [0.5, 0.6) is 0 Å². The van der Waals surface area contributed by atoms with Crippen molar-refractivity contribution in [2.24, 2.45) is 16.2 Å². The second-order valence-electron chi connectivity index (χ2n) is 10.2. The minimum atomic E-state index is 0.375. The van der Waals surface area contributed by atoms with Crippen LogP contribution in [-0.4, -0.2) is 0 Å². The van der Waals surface area contributed by atoms with Crippen molar-refractivity contribution in [2.75, 3.05) is 0 Å². The normalized spacial score (nSPS) is 17.8. The van der Waals surface area contributed by atoms with Crippen LogP contribution in [0.3, 0.4) is 0 Å². The van der Waals surface area contributed by atoms with Crippen LogP contribution in [-0.2, 0) is 0 Å². The van der Waals surface area contributed by atoms with Crippen LogP contribution < -0.4 is 0 Å². The molecule has 0 bridgehead atoms. The molecule has 0 heterocycles. The number of hydrogen-bond donors (Lipinski definition) is 0. The van der Waals surface area contributed by atoms with Gasteiger partial charge in [-0.05, 0) is 53.1 Å². The quantitative estimate of drug-likeness (QED) is 0.524. The maximum absolute atomic E-state index is 2.51. The van der Waals surface area contributed by atoms with Gasteiger partial charge in [-0.1, -0.05) is 74.0 Å². The molecule has 116 valence electrons. The fourth-order valence-corrected chi connectivity index (χ4v) is 3.06. The van der Waals surface area contributed by atoms with Gasteiger partial charge in [-0.25, -0.2) is 0 Å². The summed E-state index contributed by atoms with van der Waals surface area (Å²) in [5, 5.41) is 0. The Bertz CT molecular complexity index is 397. The van der Waals surface area contributed by atoms with Crippen molar-refractivity contribution in [3.8, 4) is 0 Å². The van der Waals surface area contributed by atoms with Gasteiger partial charge in [0.15, 0.2) is 0 Å². The van der Waals surface area contributed by atoms with Crippen LogP contribution in [0.1, 0.15) is 88.0 Å². The van der Waals surface area contributed by atoms with Crippen molar-refractivity contribution < 1.29 is 0 Å². The first-order valence-electron chi connectivity index (χ1n) is 8.17. The minimum Gasteiger partial charge on any atom is -0.0769 e. The third-order valence-corrected chi connectivity index (χ3v) is 3.58. The molecule has 0 aromatic carbocycles. The van der Waals surface area contributed by atoms with E-state index in [1.807, 2.05) is 0 Å². The zero-order valence-electron chi connectivity index (χ0n) is 15.4. The van der Waals surface area contributed by atoms with Crippen LogP contribution >= 0.6 is 0 Å². The zero-order chi connectivity index (χ0) is 15.8. The summed E-state index contributed by atoms with van der Waals surface area (Å²) < 4.78 is 0. The maximum Gasteiger partial charge on any atom is -0.0127 e. The van der Waals surface area contributed by atoms with Crippen LogP contribution in [0.15, 0.2) is 22.8 Å². The van der Waals surface area contributed by atoms with E-state index in [1.54, 1.807) is 16.7 Å². The summed E-state index contributed by atoms with van der Waals surface area (Å²) in [6.07, 6.45) is 7.37. The van der Waals surface area contributed by atoms with E-state index in [0.29, 0.717) is 16.2 Å². The molecule has 0 spiro atoms. The minimum absolute atomic E-state index is 0.375. The Labute approximate surface area is 127 Å². The first-order valence-corrected chi connectivity index (χ1v) is 8.17. The van der Waals surface area contributed by atoms with Crippen molar-refractivity contribution in [1.29, 1.82) is 0 Å². The second kappa shape index (κ2) is 5.70. The van der Waals surface area contributed by atoms with Gasteiger partial charge < -0.3 is 0 Å². The summed E-state index contributed by atoms with van der Waals surface area (Å²) in [6.45, 7) is 21.2. The van der Waals surface area contributed by atoms with E-state index in [4.69, 9.17) is 0 Å². The van der Waals surface area contributed by atoms with Gasteiger partial charge in [0.2, 0.25) is 0 Å². The molecule has 0 saturated carbocycles. The van der Waals surface area contributed by atoms with Crippen molar-refractivity contribution >= 4 is 0 Å². The van der Waals surface area contributed by atoms with Gasteiger partial charge >= 0.3 is 0 Å². The third-order valence-electron chi connectivity index (χ3n) is 3.58. The molecule has 1 aliphatic carbocycles. The number of hydrogen-bond acceptors (Lipinski definition) is 0. The van der Waals surface area contributed by atoms with E-state index in [2.05, 4.69) is 68.4 Å². The van der Waals surface area contributed by atoms with Gasteiger partial charge in [0.05, 0.1) is 0 Å². The molecule has 0 unspecified atom stereocenters. The lowest BCUT2D eigenvalue weighted by atomic mass is 9.78. The molecule has 0 atom stereocenters. The zero-order valence-corrected chi connectivity index (χ0v) is 15.4. The average molecular weight is 277 g/mol. The summed E-state index contributed by atoms with van der Waals surface area (Å²) in [5.74, 6) is 0. The average Bonchev–Trinajstić information content (AvgIpc) is 2.42. The smallest absolute Gasteiger partial charge is 0.0127 e. The van der Waals surface area contributed by atoms with Crippen LogP contribution in [0.25, 0.3) is 0 Å². The van der Waals surface area contributed by atoms with Gasteiger partial charge in [-0.2, -0.15) is 0 Å². The molecule has 0 aliphatic heterocycles. The summed E-state index contributed by atoms with van der Waals surface area (Å²) in [5.41, 5.74) is 6.16. The van der Waals surface area contributed by atoms with Gasteiger partial charge in [-0.15, -0.1) is 0 Å². The van der Waals surface area contributed by atoms with Gasteiger partial charge in [-0.3, -0.25) is 0 Å². The van der Waals surface area contributed by atoms with Crippen molar-refractivity contribution in [3.63, 3.8) is 0 Å². The topological polar surface area (TPSA) is 0 Å². The molecule has 0 radical (unpaired) electrons. The molecule has 0 fully saturated rings. The first kappa shape index (κ1) is 17.5. The lowest BCUT2D eigenvalue weighted by Gasteiger charge is -2.27. The largest absolute Gasteiger partial charge is 0.0769 e. The van der Waals surface area contributed by atoms with Crippen LogP contribution in [0.4, 0.5) is 0 Å². The predicted molar refractivity (Wildman–Crippen MR) is 91.9 cm³/mol. The van der Waals surface area contributed by atoms with E-state index in [9.17, 15) is 0 Å². The maximum atomic E-state index is 2.51. The van der Waals surface area contributed by atoms with Gasteiger partial charge in [0.1, 0.15) is 0 Å². The van der Waals surface area contributed by atoms with E-state index < -0.39 is 0 Å². The Balaban J connectivity index is 3.02. The van der Waals surface area contributed by atoms with E-state index in [0.717, 1.165) is 0 Å². The molecule has 1 aliphatic rings. The Morgan fingerprint density at radius 2 is 1.15 bits per heavy atom. The summed E-state index contributed by atoms with van der Waals surface area (Å²) in [7, 11) is 0. The van der Waals surface area contributed by atoms with Crippen molar-refractivity contribution in [2.45, 2.75) is 88.0 Å². The van der Waals surface area contributed by atoms with Gasteiger partial charge in [0, 0.05) is 0 Å². The van der Waals surface area contributed by atoms with Crippen LogP contribution in [0, 0.1) is 16.2 Å². The van der Waals surface area contributed by atoms with E-state index in [1.165, 1.54) is 25.7 Å². The molecule has 20 heavy (non-hydrogen) atoms. The standard InChI is InChI=1S/C20H36/c1-18(2,3)12-15-10-11-16(13-19(4,5)6)17(15)14-20(7,8)9/h10H,11-14H2,1-9H3. The summed E-state index contributed by atoms with van der Waals surface area (Å²) in [4.78, 5) is 0. The molecule has 1 rings (SSSR count). The number of allylic oxidation sites excluding steroid dienone is 4. The first-order chi connectivity index (χ1) is 8.77. The Morgan fingerprint density at radius 3 is 1.55 bits per heavy atom. The Morgan fingerprint density at radius 1 is 0.700 bits per heavy atom. The van der Waals surface area contributed by atoms with Crippen molar-refractivity contribution in [3.05, 3.63) is 22.8 Å². The summed E-state index contributed by atoms with van der Waals surface area (Å²) in [6, 6.07) is 0. The number of rotatable bonds is 3. The molecule has 0 aromatic rings. The van der Waals surface area contributed by atoms with Crippen molar-refractivity contribution in [1.82, 2.24) is 0 Å². The highest BCUT2D eigenvalue weighted by atomic mass is 14.3. The molecular formula is C20H36. The Kier molecular flexibility index (Phi) is 4.99. The molecule has 0 N–H and O–H groups in total. The van der Waals surface area contributed by atoms with E-state index in [-0.39, 0.29) is 0 Å². The molecule has 0 heteroatoms. The Hall–Kier alpha value is -0.520. The summed E-state index contributed by atoms with van der Waals surface area (Å²) >= 11 is 0. The fraction of sp³-hybridized carbons (Fsp3) is 0.800. The highest BCUT2D eigenvalue weighted by Crippen LogP contribution is 2.43. The SMILES string of the molecule is CC(C)(C)CC1=CCC(CC(C)(C)C)=C1CC(C)(C)C. The van der Waals surface area contributed by atoms with Gasteiger partial charge in [0.25, 0.3) is 0 Å². The third kappa shape index (κ3) is 6.29. The lowest BCUT2D eigenvalue weighted by molar-refractivity contribution is 0.382. The molecule has 0 nitrogen and oxygen atoms in total. The van der Waals surface area contributed by atoms with E-state index >= 15 is 0 Å². The molecule has 0 aromatic heterocycles. The predicted octanol–water partition coefficient (Wildman–Crippen LogP) is 6.92. The second-order valence-corrected chi connectivity index (χ2v) is 10.2. The fourth-order valence-electron chi connectivity index (χ4n) is 3.06. The highest BCUT2D eigenvalue weighted by Gasteiger charge is 2.27. The molecule has 0 amide bonds. The van der Waals surface area contributed by atoms with Crippen LogP contribution in [0.2, 0.25) is 0 Å². The highest BCUT2D eigenvalue weighted by molar-refractivity contribution is 5.44. The monoisotopic (exact) mass is 276 g/mol. The molecular weight excluding hydrogens is 240 g/mol. The molecule has 0 saturated heterocycles. The lowest BCUT2D eigenvalue weighted by Crippen LogP contribution is -2.13.